The molecular formula is C84H104Cu2N4O8. The molecule has 8 rings (SSSR count). The molecule has 0 bridgehead atoms. The Kier molecular flexibility index (Phi) is 23.6. The number of ketones is 8. The molecule has 14 heteroatoms. The summed E-state index contributed by atoms with van der Waals surface area (Å²) >= 11 is 0. The molecule has 0 heterocycles. The normalized spacial score (nSPS) is 22.4. The molecule has 12 nitrogen and oxygen atoms in total. The van der Waals surface area contributed by atoms with Crippen molar-refractivity contribution in [1.29, 1.82) is 0 Å². The summed E-state index contributed by atoms with van der Waals surface area (Å²) < 4.78 is 0. The van der Waals surface area contributed by atoms with Gasteiger partial charge < -0.3 is 21.3 Å². The van der Waals surface area contributed by atoms with E-state index in [0.717, 1.165) is 0 Å². The van der Waals surface area contributed by atoms with Crippen molar-refractivity contribution in [3.63, 3.8) is 0 Å². The molecular weight excluding hydrogens is 1320 g/mol. The van der Waals surface area contributed by atoms with Gasteiger partial charge in [0.2, 0.25) is 0 Å². The molecule has 2 radical (unpaired) electrons. The summed E-state index contributed by atoms with van der Waals surface area (Å²) in [6.07, 6.45) is 49.5. The molecule has 0 atom stereocenters. The van der Waals surface area contributed by atoms with Crippen LogP contribution in [0.15, 0.2) is 238 Å². The van der Waals surface area contributed by atoms with Gasteiger partial charge in [0, 0.05) is 126 Å². The van der Waals surface area contributed by atoms with Gasteiger partial charge in [-0.15, -0.1) is 0 Å². The van der Waals surface area contributed by atoms with Crippen molar-refractivity contribution in [1.82, 2.24) is 21.3 Å². The first-order chi connectivity index (χ1) is 43.8. The number of Topliss-reactive ketones (excluding diaryl/α,β-unsaturated/α-hetero) is 4. The summed E-state index contributed by atoms with van der Waals surface area (Å²) in [6, 6.07) is 0. The van der Waals surface area contributed by atoms with Crippen LogP contribution in [0.25, 0.3) is 0 Å². The standard InChI is InChI=1S/2C42H52N2O4.2Cu/c2*1-37(2,3)29-21-41(22-30(35(29)47)38(4,5)6,43-25-27-17-13-15-19-33(27)45)42(44-26-28-18-14-16-20-34(28)46)23-31(39(7,8)9)36(48)32(24-42)40(10,11)12;;/h2*13-26,43-44H,1-12H3;;. The van der Waals surface area contributed by atoms with Gasteiger partial charge in [-0.2, -0.15) is 0 Å². The maximum atomic E-state index is 14.4. The minimum Gasteiger partial charge on any atom is -0.375 e. The summed E-state index contributed by atoms with van der Waals surface area (Å²) in [7, 11) is 0. The summed E-state index contributed by atoms with van der Waals surface area (Å²) in [6.45, 7) is 48.4. The quantitative estimate of drug-likeness (QED) is 0.120. The van der Waals surface area contributed by atoms with Crippen LogP contribution < -0.4 is 21.3 Å². The second kappa shape index (κ2) is 28.6. The molecule has 0 fully saturated rings. The van der Waals surface area contributed by atoms with E-state index in [2.05, 4.69) is 21.3 Å². The number of allylic oxidation sites excluding steroid dienone is 28. The predicted molar refractivity (Wildman–Crippen MR) is 389 cm³/mol. The van der Waals surface area contributed by atoms with Gasteiger partial charge in [-0.25, -0.2) is 0 Å². The first-order valence-electron chi connectivity index (χ1n) is 33.4. The molecule has 0 aromatic rings. The van der Waals surface area contributed by atoms with Crippen molar-refractivity contribution in [2.24, 2.45) is 43.3 Å². The molecule has 0 aliphatic heterocycles. The predicted octanol–water partition coefficient (Wildman–Crippen LogP) is 15.7. The molecule has 0 aromatic heterocycles. The minimum absolute atomic E-state index is 0. The van der Waals surface area contributed by atoms with Gasteiger partial charge in [-0.1, -0.05) is 215 Å². The fraction of sp³-hybridized carbons (Fsp3) is 0.429. The second-order valence-corrected chi connectivity index (χ2v) is 34.6. The third kappa shape index (κ3) is 17.2. The zero-order valence-electron chi connectivity index (χ0n) is 62.0. The van der Waals surface area contributed by atoms with Crippen LogP contribution in [0.2, 0.25) is 0 Å². The average Bonchev–Trinajstić information content (AvgIpc) is 0.713. The van der Waals surface area contributed by atoms with Crippen molar-refractivity contribution in [2.45, 2.75) is 188 Å². The smallest absolute Gasteiger partial charge is 0.187 e. The van der Waals surface area contributed by atoms with E-state index in [4.69, 9.17) is 0 Å². The summed E-state index contributed by atoms with van der Waals surface area (Å²) in [5.74, 6) is -0.818. The van der Waals surface area contributed by atoms with Crippen molar-refractivity contribution in [3.8, 4) is 0 Å². The third-order valence-corrected chi connectivity index (χ3v) is 18.3. The Morgan fingerprint density at radius 3 is 0.459 bits per heavy atom. The van der Waals surface area contributed by atoms with Crippen molar-refractivity contribution in [3.05, 3.63) is 238 Å². The largest absolute Gasteiger partial charge is 0.375 e. The molecule has 0 saturated heterocycles. The van der Waals surface area contributed by atoms with Crippen LogP contribution in [0.4, 0.5) is 0 Å². The second-order valence-electron chi connectivity index (χ2n) is 34.6. The van der Waals surface area contributed by atoms with Crippen LogP contribution >= 0.6 is 0 Å². The van der Waals surface area contributed by atoms with Crippen molar-refractivity contribution >= 4 is 46.3 Å². The molecule has 98 heavy (non-hydrogen) atoms. The SMILES string of the molecule is CC(C)(C)C1=CC(NC=C2C=CC=CC2=O)(C2(NC=C3C=CC=CC3=O)C=C(C(C)(C)C)C(=O)C(C(C)(C)C)=C2)C=C(C(C)(C)C)C1=O.CC(C)(C)C1=CC(NC=C2C=CC=CC2=O)(C2(NC=C3C=CC=CC3=O)C=C(C(C)(C)C)C(=O)C(C(C)(C)C)=C2)C=C(C(C)(C)C)C1=O.[Cu].[Cu]. The van der Waals surface area contributed by atoms with E-state index in [1.165, 1.54) is 24.3 Å². The Bertz CT molecular complexity index is 3370. The van der Waals surface area contributed by atoms with E-state index in [-0.39, 0.29) is 80.4 Å². The van der Waals surface area contributed by atoms with E-state index >= 15 is 0 Å². The molecule has 0 amide bonds. The average molecular weight is 1420 g/mol. The maximum absolute atomic E-state index is 14.4. The number of rotatable bonds is 10. The molecule has 530 valence electrons. The van der Waals surface area contributed by atoms with Crippen molar-refractivity contribution < 1.29 is 72.5 Å². The molecule has 8 aliphatic rings. The molecule has 0 aromatic carbocycles. The maximum Gasteiger partial charge on any atom is 0.187 e. The third-order valence-electron chi connectivity index (χ3n) is 18.3. The zero-order chi connectivity index (χ0) is 72.2. The Morgan fingerprint density at radius 2 is 0.347 bits per heavy atom. The summed E-state index contributed by atoms with van der Waals surface area (Å²) in [4.78, 5) is 110. The number of carbonyl (C=O) groups excluding carboxylic acids is 8. The minimum atomic E-state index is -1.25. The Hall–Kier alpha value is -7.60. The van der Waals surface area contributed by atoms with Gasteiger partial charge in [-0.3, -0.25) is 38.4 Å². The number of carbonyl (C=O) groups is 8. The topological polar surface area (TPSA) is 185 Å². The fourth-order valence-corrected chi connectivity index (χ4v) is 12.5. The molecule has 0 spiro atoms. The Labute approximate surface area is 605 Å². The zero-order valence-corrected chi connectivity index (χ0v) is 63.9. The molecule has 4 N–H and O–H groups in total. The Morgan fingerprint density at radius 1 is 0.224 bits per heavy atom. The van der Waals surface area contributed by atoms with Crippen LogP contribution in [0.3, 0.4) is 0 Å². The monoisotopic (exact) mass is 1420 g/mol. The van der Waals surface area contributed by atoms with Gasteiger partial charge in [-0.05, 0) is 141 Å². The molecule has 0 unspecified atom stereocenters. The van der Waals surface area contributed by atoms with Gasteiger partial charge in [0.1, 0.15) is 22.2 Å². The van der Waals surface area contributed by atoms with Gasteiger partial charge in [0.25, 0.3) is 0 Å². The van der Waals surface area contributed by atoms with E-state index in [1.54, 1.807) is 97.7 Å². The van der Waals surface area contributed by atoms with Gasteiger partial charge in [0.05, 0.1) is 0 Å². The van der Waals surface area contributed by atoms with Crippen LogP contribution in [0, 0.1) is 43.3 Å². The first kappa shape index (κ1) is 81.1. The van der Waals surface area contributed by atoms with Crippen LogP contribution in [0.1, 0.15) is 166 Å². The summed E-state index contributed by atoms with van der Waals surface area (Å²) in [5, 5.41) is 14.6. The van der Waals surface area contributed by atoms with Crippen molar-refractivity contribution in [2.75, 3.05) is 0 Å². The van der Waals surface area contributed by atoms with Crippen LogP contribution in [-0.2, 0) is 72.5 Å². The van der Waals surface area contributed by atoms with E-state index < -0.39 is 65.5 Å². The van der Waals surface area contributed by atoms with E-state index in [9.17, 15) is 38.4 Å². The van der Waals surface area contributed by atoms with Gasteiger partial charge in [0.15, 0.2) is 46.3 Å². The van der Waals surface area contributed by atoms with Crippen LogP contribution in [-0.4, -0.2) is 68.4 Å². The first-order valence-corrected chi connectivity index (χ1v) is 33.4. The summed E-state index contributed by atoms with van der Waals surface area (Å²) in [5.41, 5.74) is -2.90. The fourth-order valence-electron chi connectivity index (χ4n) is 12.5. The molecule has 0 saturated carbocycles. The number of hydrogen-bond donors (Lipinski definition) is 4. The van der Waals surface area contributed by atoms with E-state index in [0.29, 0.717) is 66.9 Å². The Balaban J connectivity index is 0.000000347. The number of hydrogen-bond acceptors (Lipinski definition) is 12. The number of nitrogens with one attached hydrogen (secondary N) is 4. The van der Waals surface area contributed by atoms with Gasteiger partial charge >= 0.3 is 0 Å². The van der Waals surface area contributed by atoms with Crippen LogP contribution in [0.5, 0.6) is 0 Å². The van der Waals surface area contributed by atoms with E-state index in [1.807, 2.05) is 215 Å². The molecule has 8 aliphatic carbocycles.